The first-order valence-electron chi connectivity index (χ1n) is 4.49. The molecule has 0 spiro atoms. The van der Waals surface area contributed by atoms with Gasteiger partial charge in [-0.3, -0.25) is 0 Å². The molecule has 0 atom stereocenters. The molecule has 1 rings (SSSR count). The van der Waals surface area contributed by atoms with Crippen LogP contribution in [0.5, 0.6) is 0 Å². The number of terminal acetylenes is 1. The zero-order valence-corrected chi connectivity index (χ0v) is 8.96. The molecule has 0 saturated carbocycles. The van der Waals surface area contributed by atoms with E-state index >= 15 is 0 Å². The monoisotopic (exact) mass is 221 g/mol. The van der Waals surface area contributed by atoms with Gasteiger partial charge < -0.3 is 5.11 Å². The molecule has 0 fully saturated rings. The third-order valence-electron chi connectivity index (χ3n) is 1.68. The number of hydrogen-bond acceptors (Lipinski definition) is 3. The zero-order chi connectivity index (χ0) is 11.1. The first-order chi connectivity index (χ1) is 7.24. The molecule has 1 aromatic rings. The first-order valence-corrected chi connectivity index (χ1v) is 5.48. The number of aromatic carboxylic acids is 1. The van der Waals surface area contributed by atoms with Crippen molar-refractivity contribution in [1.82, 2.24) is 4.98 Å². The number of rotatable bonds is 5. The number of unbranched alkanes of at least 4 members (excludes halogenated alkanes) is 1. The number of carboxylic acids is 1. The standard InChI is InChI=1S/C11H11NO2S/c1-2-3-4-7-15-9-5-6-12-10(8-9)11(13)14/h1,5-6,8H,3-4,7H2,(H,13,14). The van der Waals surface area contributed by atoms with Crippen molar-refractivity contribution in [3.05, 3.63) is 24.0 Å². The molecule has 3 nitrogen and oxygen atoms in total. The number of nitrogens with zero attached hydrogens (tertiary/aromatic N) is 1. The highest BCUT2D eigenvalue weighted by Gasteiger charge is 2.04. The molecule has 0 aliphatic carbocycles. The second kappa shape index (κ2) is 6.10. The van der Waals surface area contributed by atoms with E-state index in [4.69, 9.17) is 11.5 Å². The van der Waals surface area contributed by atoms with Gasteiger partial charge in [-0.2, -0.15) is 0 Å². The van der Waals surface area contributed by atoms with Crippen LogP contribution >= 0.6 is 11.8 Å². The average molecular weight is 221 g/mol. The molecule has 0 bridgehead atoms. The van der Waals surface area contributed by atoms with Gasteiger partial charge in [0.25, 0.3) is 0 Å². The van der Waals surface area contributed by atoms with Crippen LogP contribution in [0.1, 0.15) is 23.3 Å². The largest absolute Gasteiger partial charge is 0.477 e. The van der Waals surface area contributed by atoms with Gasteiger partial charge in [0.15, 0.2) is 0 Å². The molecule has 0 aliphatic rings. The minimum atomic E-state index is -0.999. The van der Waals surface area contributed by atoms with Gasteiger partial charge in [0.2, 0.25) is 0 Å². The number of carbonyl (C=O) groups is 1. The minimum absolute atomic E-state index is 0.0805. The molecular weight excluding hydrogens is 210 g/mol. The molecule has 0 radical (unpaired) electrons. The van der Waals surface area contributed by atoms with Crippen molar-refractivity contribution in [2.45, 2.75) is 17.7 Å². The van der Waals surface area contributed by atoms with Gasteiger partial charge in [-0.1, -0.05) is 0 Å². The van der Waals surface area contributed by atoms with Gasteiger partial charge in [0.05, 0.1) is 0 Å². The van der Waals surface area contributed by atoms with E-state index in [-0.39, 0.29) is 5.69 Å². The Labute approximate surface area is 92.9 Å². The summed E-state index contributed by atoms with van der Waals surface area (Å²) in [5.41, 5.74) is 0.0805. The summed E-state index contributed by atoms with van der Waals surface area (Å²) in [6.07, 6.45) is 8.32. The van der Waals surface area contributed by atoms with Gasteiger partial charge in [-0.25, -0.2) is 9.78 Å². The van der Waals surface area contributed by atoms with Crippen molar-refractivity contribution >= 4 is 17.7 Å². The van der Waals surface area contributed by atoms with Crippen LogP contribution in [0.2, 0.25) is 0 Å². The number of carboxylic acid groups (broad SMARTS) is 1. The molecule has 1 heterocycles. The van der Waals surface area contributed by atoms with E-state index in [1.54, 1.807) is 23.9 Å². The SMILES string of the molecule is C#CCCCSc1ccnc(C(=O)O)c1. The van der Waals surface area contributed by atoms with Gasteiger partial charge in [-0.05, 0) is 24.3 Å². The smallest absolute Gasteiger partial charge is 0.354 e. The Hall–Kier alpha value is -1.47. The normalized spacial score (nSPS) is 9.53. The zero-order valence-electron chi connectivity index (χ0n) is 8.14. The predicted octanol–water partition coefficient (Wildman–Crippen LogP) is 2.29. The molecule has 0 aliphatic heterocycles. The summed E-state index contributed by atoms with van der Waals surface area (Å²) in [7, 11) is 0. The fourth-order valence-electron chi connectivity index (χ4n) is 0.982. The Morgan fingerprint density at radius 3 is 3.13 bits per heavy atom. The third kappa shape index (κ3) is 4.05. The van der Waals surface area contributed by atoms with E-state index in [9.17, 15) is 4.79 Å². The van der Waals surface area contributed by atoms with Crippen molar-refractivity contribution in [3.63, 3.8) is 0 Å². The lowest BCUT2D eigenvalue weighted by Gasteiger charge is -2.00. The topological polar surface area (TPSA) is 50.2 Å². The molecule has 78 valence electrons. The number of aromatic nitrogens is 1. The van der Waals surface area contributed by atoms with E-state index < -0.39 is 5.97 Å². The van der Waals surface area contributed by atoms with Crippen molar-refractivity contribution in [3.8, 4) is 12.3 Å². The van der Waals surface area contributed by atoms with E-state index in [2.05, 4.69) is 10.9 Å². The summed E-state index contributed by atoms with van der Waals surface area (Å²) < 4.78 is 0. The summed E-state index contributed by atoms with van der Waals surface area (Å²) in [5, 5.41) is 8.72. The van der Waals surface area contributed by atoms with Crippen LogP contribution < -0.4 is 0 Å². The van der Waals surface area contributed by atoms with Gasteiger partial charge >= 0.3 is 5.97 Å². The van der Waals surface area contributed by atoms with Crippen LogP contribution in [0.4, 0.5) is 0 Å². The van der Waals surface area contributed by atoms with Crippen LogP contribution in [0.3, 0.4) is 0 Å². The second-order valence-corrected chi connectivity index (χ2v) is 4.01. The fourth-order valence-corrected chi connectivity index (χ4v) is 1.86. The van der Waals surface area contributed by atoms with Crippen LogP contribution in [-0.4, -0.2) is 21.8 Å². The van der Waals surface area contributed by atoms with Crippen molar-refractivity contribution in [2.75, 3.05) is 5.75 Å². The van der Waals surface area contributed by atoms with Crippen LogP contribution in [0.25, 0.3) is 0 Å². The van der Waals surface area contributed by atoms with Crippen molar-refractivity contribution in [2.24, 2.45) is 0 Å². The van der Waals surface area contributed by atoms with Gasteiger partial charge in [0, 0.05) is 17.5 Å². The molecule has 15 heavy (non-hydrogen) atoms. The summed E-state index contributed by atoms with van der Waals surface area (Å²) >= 11 is 1.59. The Balaban J connectivity index is 2.51. The Bertz CT molecular complexity index is 384. The number of pyridine rings is 1. The third-order valence-corrected chi connectivity index (χ3v) is 2.76. The molecule has 4 heteroatoms. The number of thioether (sulfide) groups is 1. The first kappa shape index (κ1) is 11.6. The van der Waals surface area contributed by atoms with E-state index in [0.29, 0.717) is 0 Å². The maximum atomic E-state index is 10.6. The van der Waals surface area contributed by atoms with Gasteiger partial charge in [0.1, 0.15) is 5.69 Å². The molecule has 1 aromatic heterocycles. The van der Waals surface area contributed by atoms with E-state index in [1.165, 1.54) is 6.20 Å². The lowest BCUT2D eigenvalue weighted by atomic mass is 10.3. The highest BCUT2D eigenvalue weighted by atomic mass is 32.2. The van der Waals surface area contributed by atoms with Crippen LogP contribution in [-0.2, 0) is 0 Å². The van der Waals surface area contributed by atoms with Gasteiger partial charge in [-0.15, -0.1) is 24.1 Å². The van der Waals surface area contributed by atoms with Crippen molar-refractivity contribution < 1.29 is 9.90 Å². The summed E-state index contributed by atoms with van der Waals surface area (Å²) in [6.45, 7) is 0. The maximum absolute atomic E-state index is 10.6. The second-order valence-electron chi connectivity index (χ2n) is 2.84. The summed E-state index contributed by atoms with van der Waals surface area (Å²) in [4.78, 5) is 15.3. The molecule has 0 unspecified atom stereocenters. The quantitative estimate of drug-likeness (QED) is 0.471. The lowest BCUT2D eigenvalue weighted by molar-refractivity contribution is 0.0690. The molecule has 0 saturated heterocycles. The highest BCUT2D eigenvalue weighted by molar-refractivity contribution is 7.99. The van der Waals surface area contributed by atoms with Crippen LogP contribution in [0.15, 0.2) is 23.2 Å². The fraction of sp³-hybridized carbons (Fsp3) is 0.273. The summed E-state index contributed by atoms with van der Waals surface area (Å²) in [5.74, 6) is 2.46. The lowest BCUT2D eigenvalue weighted by Crippen LogP contribution is -1.99. The summed E-state index contributed by atoms with van der Waals surface area (Å²) in [6, 6.07) is 3.37. The highest BCUT2D eigenvalue weighted by Crippen LogP contribution is 2.19. The number of hydrogen-bond donors (Lipinski definition) is 1. The Morgan fingerprint density at radius 2 is 2.47 bits per heavy atom. The maximum Gasteiger partial charge on any atom is 0.354 e. The molecule has 1 N–H and O–H groups in total. The molecule has 0 amide bonds. The van der Waals surface area contributed by atoms with Crippen LogP contribution in [0, 0.1) is 12.3 Å². The van der Waals surface area contributed by atoms with Crippen molar-refractivity contribution in [1.29, 1.82) is 0 Å². The van der Waals surface area contributed by atoms with E-state index in [1.807, 2.05) is 0 Å². The Kier molecular flexibility index (Phi) is 4.72. The Morgan fingerprint density at radius 1 is 1.67 bits per heavy atom. The van der Waals surface area contributed by atoms with E-state index in [0.717, 1.165) is 23.5 Å². The predicted molar refractivity (Wildman–Crippen MR) is 60.0 cm³/mol. The average Bonchev–Trinajstić information content (AvgIpc) is 2.25. The molecular formula is C11H11NO2S. The minimum Gasteiger partial charge on any atom is -0.477 e. The molecule has 0 aromatic carbocycles.